The van der Waals surface area contributed by atoms with Crippen molar-refractivity contribution in [1.29, 1.82) is 0 Å². The average molecular weight is 220 g/mol. The number of nitrogens with zero attached hydrogens (tertiary/aromatic N) is 2. The zero-order chi connectivity index (χ0) is 11.7. The topological polar surface area (TPSA) is 70.5 Å². The summed E-state index contributed by atoms with van der Waals surface area (Å²) >= 11 is 0. The highest BCUT2D eigenvalue weighted by Gasteiger charge is 2.39. The lowest BCUT2D eigenvalue weighted by Crippen LogP contribution is -2.41. The lowest BCUT2D eigenvalue weighted by Gasteiger charge is -2.22. The molecular formula is C11H12N2O3. The standard InChI is InChI=1S/C11H12N2O3/c1-2-7(6-14)13-10(15)8-3-4-12-5-9(8)11(13)16/h3-5,7,14H,2,6H2,1H3. The van der Waals surface area contributed by atoms with E-state index in [2.05, 4.69) is 4.98 Å². The van der Waals surface area contributed by atoms with Gasteiger partial charge in [-0.15, -0.1) is 0 Å². The van der Waals surface area contributed by atoms with E-state index in [1.54, 1.807) is 0 Å². The van der Waals surface area contributed by atoms with E-state index < -0.39 is 6.04 Å². The third-order valence-electron chi connectivity index (χ3n) is 2.77. The van der Waals surface area contributed by atoms with Gasteiger partial charge in [0.1, 0.15) is 0 Å². The summed E-state index contributed by atoms with van der Waals surface area (Å²) in [7, 11) is 0. The van der Waals surface area contributed by atoms with E-state index in [0.717, 1.165) is 4.90 Å². The fraction of sp³-hybridized carbons (Fsp3) is 0.364. The van der Waals surface area contributed by atoms with Crippen LogP contribution in [0.25, 0.3) is 0 Å². The number of carbonyl (C=O) groups excluding carboxylic acids is 2. The highest BCUT2D eigenvalue weighted by molar-refractivity contribution is 6.21. The first-order valence-electron chi connectivity index (χ1n) is 5.13. The lowest BCUT2D eigenvalue weighted by atomic mass is 10.2. The fourth-order valence-electron chi connectivity index (χ4n) is 1.83. The molecule has 1 aliphatic rings. The number of rotatable bonds is 3. The normalized spacial score (nSPS) is 16.5. The van der Waals surface area contributed by atoms with Crippen LogP contribution in [0.3, 0.4) is 0 Å². The second-order valence-electron chi connectivity index (χ2n) is 3.65. The van der Waals surface area contributed by atoms with Crippen LogP contribution in [0.4, 0.5) is 0 Å². The Morgan fingerprint density at radius 1 is 1.38 bits per heavy atom. The van der Waals surface area contributed by atoms with Crippen molar-refractivity contribution in [2.45, 2.75) is 19.4 Å². The predicted molar refractivity (Wildman–Crippen MR) is 55.9 cm³/mol. The van der Waals surface area contributed by atoms with Crippen molar-refractivity contribution in [3.63, 3.8) is 0 Å². The highest BCUT2D eigenvalue weighted by Crippen LogP contribution is 2.24. The van der Waals surface area contributed by atoms with Gasteiger partial charge in [0.2, 0.25) is 0 Å². The van der Waals surface area contributed by atoms with Gasteiger partial charge >= 0.3 is 0 Å². The molecule has 5 heteroatoms. The molecule has 16 heavy (non-hydrogen) atoms. The molecule has 0 radical (unpaired) electrons. The van der Waals surface area contributed by atoms with E-state index in [1.807, 2.05) is 6.92 Å². The Morgan fingerprint density at radius 3 is 2.62 bits per heavy atom. The number of aliphatic hydroxyl groups excluding tert-OH is 1. The molecule has 0 saturated carbocycles. The van der Waals surface area contributed by atoms with Crippen molar-refractivity contribution in [3.05, 3.63) is 29.6 Å². The zero-order valence-corrected chi connectivity index (χ0v) is 8.88. The smallest absolute Gasteiger partial charge is 0.263 e. The first kappa shape index (κ1) is 10.8. The Morgan fingerprint density at radius 2 is 2.06 bits per heavy atom. The SMILES string of the molecule is CCC(CO)N1C(=O)c2ccncc2C1=O. The van der Waals surface area contributed by atoms with Gasteiger partial charge in [-0.3, -0.25) is 19.5 Å². The van der Waals surface area contributed by atoms with Crippen molar-refractivity contribution in [1.82, 2.24) is 9.88 Å². The van der Waals surface area contributed by atoms with E-state index in [1.165, 1.54) is 18.5 Å². The molecule has 2 amide bonds. The monoisotopic (exact) mass is 220 g/mol. The van der Waals surface area contributed by atoms with Gasteiger partial charge in [-0.25, -0.2) is 0 Å². The lowest BCUT2D eigenvalue weighted by molar-refractivity contribution is 0.0511. The summed E-state index contributed by atoms with van der Waals surface area (Å²) in [5.41, 5.74) is 0.686. The van der Waals surface area contributed by atoms with Crippen LogP contribution < -0.4 is 0 Å². The van der Waals surface area contributed by atoms with Gasteiger partial charge in [0.05, 0.1) is 23.8 Å². The van der Waals surface area contributed by atoms with E-state index in [4.69, 9.17) is 5.11 Å². The molecule has 1 atom stereocenters. The van der Waals surface area contributed by atoms with E-state index in [9.17, 15) is 9.59 Å². The summed E-state index contributed by atoms with van der Waals surface area (Å²) in [5, 5.41) is 9.14. The quantitative estimate of drug-likeness (QED) is 0.751. The van der Waals surface area contributed by atoms with Crippen LogP contribution in [0.1, 0.15) is 34.1 Å². The molecule has 1 N–H and O–H groups in total. The molecule has 1 aromatic rings. The number of aromatic nitrogens is 1. The zero-order valence-electron chi connectivity index (χ0n) is 8.88. The minimum atomic E-state index is -0.451. The Bertz CT molecular complexity index is 406. The van der Waals surface area contributed by atoms with Gasteiger partial charge in [-0.05, 0) is 12.5 Å². The molecular weight excluding hydrogens is 208 g/mol. The second kappa shape index (κ2) is 4.02. The molecule has 0 fully saturated rings. The summed E-state index contributed by atoms with van der Waals surface area (Å²) in [6, 6.07) is 1.08. The molecule has 1 aromatic heterocycles. The Labute approximate surface area is 92.7 Å². The molecule has 0 saturated heterocycles. The third kappa shape index (κ3) is 1.40. The van der Waals surface area contributed by atoms with Crippen LogP contribution in [0.15, 0.2) is 18.5 Å². The van der Waals surface area contributed by atoms with Crippen molar-refractivity contribution >= 4 is 11.8 Å². The van der Waals surface area contributed by atoms with Crippen molar-refractivity contribution in [2.75, 3.05) is 6.61 Å². The van der Waals surface area contributed by atoms with Gasteiger partial charge in [0, 0.05) is 12.4 Å². The maximum atomic E-state index is 11.9. The second-order valence-corrected chi connectivity index (χ2v) is 3.65. The van der Waals surface area contributed by atoms with Crippen molar-refractivity contribution < 1.29 is 14.7 Å². The van der Waals surface area contributed by atoms with Gasteiger partial charge < -0.3 is 5.11 Å². The largest absolute Gasteiger partial charge is 0.394 e. The first-order valence-corrected chi connectivity index (χ1v) is 5.13. The predicted octanol–water partition coefficient (Wildman–Crippen LogP) is 0.449. The van der Waals surface area contributed by atoms with E-state index in [-0.39, 0.29) is 18.4 Å². The van der Waals surface area contributed by atoms with Crippen LogP contribution in [0.5, 0.6) is 0 Å². The summed E-state index contributed by atoms with van der Waals surface area (Å²) < 4.78 is 0. The number of pyridine rings is 1. The average Bonchev–Trinajstić information content (AvgIpc) is 2.57. The molecule has 0 aliphatic carbocycles. The molecule has 2 rings (SSSR count). The number of amides is 2. The third-order valence-corrected chi connectivity index (χ3v) is 2.77. The molecule has 0 spiro atoms. The minimum absolute atomic E-state index is 0.213. The van der Waals surface area contributed by atoms with Gasteiger partial charge in [-0.2, -0.15) is 0 Å². The number of aliphatic hydroxyl groups is 1. The van der Waals surface area contributed by atoms with Crippen LogP contribution in [0, 0.1) is 0 Å². The van der Waals surface area contributed by atoms with Crippen LogP contribution in [-0.2, 0) is 0 Å². The molecule has 1 aliphatic heterocycles. The van der Waals surface area contributed by atoms with Crippen LogP contribution in [0.2, 0.25) is 0 Å². The Balaban J connectivity index is 2.42. The van der Waals surface area contributed by atoms with Gasteiger partial charge in [-0.1, -0.05) is 6.92 Å². The van der Waals surface area contributed by atoms with Crippen molar-refractivity contribution in [3.8, 4) is 0 Å². The maximum Gasteiger partial charge on any atom is 0.263 e. The van der Waals surface area contributed by atoms with Gasteiger partial charge in [0.15, 0.2) is 0 Å². The van der Waals surface area contributed by atoms with Crippen LogP contribution >= 0.6 is 0 Å². The highest BCUT2D eigenvalue weighted by atomic mass is 16.3. The molecule has 2 heterocycles. The summed E-state index contributed by atoms with van der Waals surface area (Å²) in [6.07, 6.45) is 3.41. The van der Waals surface area contributed by atoms with E-state index >= 15 is 0 Å². The number of carbonyl (C=O) groups is 2. The number of hydrogen-bond donors (Lipinski definition) is 1. The summed E-state index contributed by atoms with van der Waals surface area (Å²) in [5.74, 6) is -0.711. The molecule has 1 unspecified atom stereocenters. The number of fused-ring (bicyclic) bond motifs is 1. The molecule has 5 nitrogen and oxygen atoms in total. The van der Waals surface area contributed by atoms with Crippen molar-refractivity contribution in [2.24, 2.45) is 0 Å². The summed E-state index contributed by atoms with van der Waals surface area (Å²) in [4.78, 5) is 28.8. The molecule has 84 valence electrons. The Hall–Kier alpha value is -1.75. The van der Waals surface area contributed by atoms with Gasteiger partial charge in [0.25, 0.3) is 11.8 Å². The first-order chi connectivity index (χ1) is 7.70. The molecule has 0 bridgehead atoms. The summed E-state index contributed by atoms with van der Waals surface area (Å²) in [6.45, 7) is 1.61. The van der Waals surface area contributed by atoms with E-state index in [0.29, 0.717) is 17.5 Å². The molecule has 0 aromatic carbocycles. The Kier molecular flexibility index (Phi) is 2.70. The maximum absolute atomic E-state index is 11.9. The van der Waals surface area contributed by atoms with Crippen LogP contribution in [-0.4, -0.2) is 39.5 Å². The number of hydrogen-bond acceptors (Lipinski definition) is 4. The number of imide groups is 1. The fourth-order valence-corrected chi connectivity index (χ4v) is 1.83. The minimum Gasteiger partial charge on any atom is -0.394 e.